The summed E-state index contributed by atoms with van der Waals surface area (Å²) >= 11 is 13.2. The molecule has 272 valence electrons. The van der Waals surface area contributed by atoms with Gasteiger partial charge >= 0.3 is 12.0 Å². The van der Waals surface area contributed by atoms with Gasteiger partial charge < -0.3 is 40.4 Å². The van der Waals surface area contributed by atoms with Crippen LogP contribution in [0.1, 0.15) is 44.7 Å². The number of amides is 2. The molecule has 15 nitrogen and oxygen atoms in total. The number of urea groups is 1. The molecule has 0 radical (unpaired) electrons. The molecule has 1 fully saturated rings. The van der Waals surface area contributed by atoms with Crippen molar-refractivity contribution in [3.8, 4) is 12.3 Å². The highest BCUT2D eigenvalue weighted by molar-refractivity contribution is 7.07. The van der Waals surface area contributed by atoms with Crippen molar-refractivity contribution in [1.82, 2.24) is 29.8 Å². The fraction of sp³-hybridized carbons (Fsp3) is 0.455. The first-order valence-electron chi connectivity index (χ1n) is 16.1. The average molecular weight is 762 g/mol. The molecule has 3 aromatic heterocycles. The number of aliphatic hydroxyl groups is 2. The molecule has 4 aromatic rings. The molecular weight excluding hydrogens is 723 g/mol. The lowest BCUT2D eigenvalue weighted by molar-refractivity contribution is -0.184. The number of benzene rings is 1. The van der Waals surface area contributed by atoms with Gasteiger partial charge in [0.25, 0.3) is 0 Å². The predicted octanol–water partition coefficient (Wildman–Crippen LogP) is 3.85. The molecule has 1 unspecified atom stereocenters. The van der Waals surface area contributed by atoms with E-state index in [1.54, 1.807) is 42.1 Å². The smallest absolute Gasteiger partial charge is 0.345 e. The third kappa shape index (κ3) is 8.20. The number of carbonyl (C=O) groups is 2. The Labute approximate surface area is 308 Å². The van der Waals surface area contributed by atoms with Crippen LogP contribution in [-0.2, 0) is 31.0 Å². The number of carbonyl (C=O) groups excluding carboxylic acids is 2. The van der Waals surface area contributed by atoms with E-state index < -0.39 is 42.2 Å². The number of rotatable bonds is 15. The fourth-order valence-electron chi connectivity index (χ4n) is 5.53. The summed E-state index contributed by atoms with van der Waals surface area (Å²) in [4.78, 5) is 43.4. The number of aromatic nitrogens is 5. The lowest BCUT2D eigenvalue weighted by Crippen LogP contribution is -2.51. The number of nitrogens with one attached hydrogen (secondary N) is 3. The number of esters is 1. The molecule has 1 aromatic carbocycles. The van der Waals surface area contributed by atoms with Gasteiger partial charge in [-0.05, 0) is 56.5 Å². The number of aliphatic hydroxyl groups excluding tert-OH is 1. The number of alkyl halides is 1. The summed E-state index contributed by atoms with van der Waals surface area (Å²) in [5.74, 6) is 2.32. The molecule has 0 saturated carbocycles. The zero-order valence-electron chi connectivity index (χ0n) is 28.0. The summed E-state index contributed by atoms with van der Waals surface area (Å²) in [6.07, 6.45) is 3.42. The van der Waals surface area contributed by atoms with E-state index in [1.807, 2.05) is 13.8 Å². The first-order chi connectivity index (χ1) is 24.4. The van der Waals surface area contributed by atoms with Gasteiger partial charge in [-0.1, -0.05) is 18.1 Å². The summed E-state index contributed by atoms with van der Waals surface area (Å²) < 4.78 is 19.5. The van der Waals surface area contributed by atoms with Gasteiger partial charge in [0.05, 0.1) is 30.7 Å². The molecular formula is C33H38Cl2N8O7S. The van der Waals surface area contributed by atoms with Gasteiger partial charge in [0.2, 0.25) is 10.9 Å². The maximum Gasteiger partial charge on any atom is 0.345 e. The zero-order valence-corrected chi connectivity index (χ0v) is 30.3. The van der Waals surface area contributed by atoms with Crippen molar-refractivity contribution in [2.45, 2.75) is 69.3 Å². The van der Waals surface area contributed by atoms with Crippen LogP contribution >= 0.6 is 34.5 Å². The van der Waals surface area contributed by atoms with Gasteiger partial charge in [-0.15, -0.1) is 29.4 Å². The lowest BCUT2D eigenvalue weighted by Gasteiger charge is -2.33. The van der Waals surface area contributed by atoms with E-state index in [-0.39, 0.29) is 41.7 Å². The molecule has 0 aliphatic carbocycles. The van der Waals surface area contributed by atoms with E-state index in [4.69, 9.17) is 43.8 Å². The predicted molar refractivity (Wildman–Crippen MR) is 192 cm³/mol. The molecule has 1 aliphatic rings. The molecule has 51 heavy (non-hydrogen) atoms. The van der Waals surface area contributed by atoms with Gasteiger partial charge in [-0.3, -0.25) is 4.57 Å². The summed E-state index contributed by atoms with van der Waals surface area (Å²) in [7, 11) is 0. The number of ether oxygens (including phenoxy) is 3. The van der Waals surface area contributed by atoms with Gasteiger partial charge in [0, 0.05) is 36.0 Å². The minimum atomic E-state index is -2.28. The van der Waals surface area contributed by atoms with Crippen molar-refractivity contribution >= 4 is 69.2 Å². The normalized spacial score (nSPS) is 21.3. The van der Waals surface area contributed by atoms with Crippen LogP contribution in [0.15, 0.2) is 41.5 Å². The highest BCUT2D eigenvalue weighted by atomic mass is 35.5. The van der Waals surface area contributed by atoms with E-state index in [9.17, 15) is 19.8 Å². The second-order valence-electron chi connectivity index (χ2n) is 11.9. The van der Waals surface area contributed by atoms with E-state index in [2.05, 4.69) is 41.8 Å². The van der Waals surface area contributed by atoms with Crippen molar-refractivity contribution in [2.75, 3.05) is 36.3 Å². The van der Waals surface area contributed by atoms with Crippen LogP contribution in [0.3, 0.4) is 0 Å². The number of nitrogens with zero attached hydrogens (tertiary/aromatic N) is 5. The topological polar surface area (TPSA) is 195 Å². The molecule has 0 spiro atoms. The molecule has 1 aliphatic heterocycles. The van der Waals surface area contributed by atoms with Crippen molar-refractivity contribution in [1.29, 1.82) is 0 Å². The number of fused-ring (bicyclic) bond motifs is 1. The monoisotopic (exact) mass is 760 g/mol. The van der Waals surface area contributed by atoms with Crippen LogP contribution in [0, 0.1) is 12.3 Å². The van der Waals surface area contributed by atoms with Crippen LogP contribution in [0.5, 0.6) is 0 Å². The number of terminal acetylenes is 1. The Kier molecular flexibility index (Phi) is 12.4. The number of hydrogen-bond donors (Lipinski definition) is 5. The molecule has 4 heterocycles. The van der Waals surface area contributed by atoms with Crippen LogP contribution in [0.2, 0.25) is 5.28 Å². The fourth-order valence-corrected chi connectivity index (χ4v) is 6.45. The van der Waals surface area contributed by atoms with Crippen LogP contribution in [0.25, 0.3) is 11.2 Å². The lowest BCUT2D eigenvalue weighted by atomic mass is 9.90. The second-order valence-corrected chi connectivity index (χ2v) is 13.4. The highest BCUT2D eigenvalue weighted by Crippen LogP contribution is 2.41. The molecule has 5 N–H and O–H groups in total. The zero-order chi connectivity index (χ0) is 36.8. The molecule has 1 saturated heterocycles. The molecule has 18 heteroatoms. The highest BCUT2D eigenvalue weighted by Gasteiger charge is 2.57. The molecule has 5 rings (SSSR count). The van der Waals surface area contributed by atoms with E-state index >= 15 is 0 Å². The Bertz CT molecular complexity index is 1860. The minimum Gasteiger partial charge on any atom is -0.464 e. The Morgan fingerprint density at radius 1 is 1.25 bits per heavy atom. The van der Waals surface area contributed by atoms with Crippen molar-refractivity contribution in [3.63, 3.8) is 0 Å². The molecule has 5 atom stereocenters. The number of imidazole rings is 1. The summed E-state index contributed by atoms with van der Waals surface area (Å²) in [5, 5.41) is 33.3. The second kappa shape index (κ2) is 16.5. The van der Waals surface area contributed by atoms with E-state index in [1.165, 1.54) is 22.2 Å². The standard InChI is InChI=1S/C33H38Cl2N8O7S/c1-5-32(47)23(50-28(25(32)44)43-17-37-24-26(39-19(3)4)41-30(35)42-27(24)43)15-49-33(29(45)48-6-2,22-16-51-18-38-22)14-20-8-10-21(11-9-20)40-31(46)36-13-7-12-34/h1,8-11,16-19,23,25,28,44,47H,6-7,12-15H2,2-4H3,(H2,36,40,46)(H,39,41,42)/t23-,25+,28-,32-,33?/m1/s1. The quantitative estimate of drug-likeness (QED) is 0.0387. The Morgan fingerprint density at radius 2 is 2.02 bits per heavy atom. The Balaban J connectivity index is 1.43. The summed E-state index contributed by atoms with van der Waals surface area (Å²) in [6, 6.07) is 6.42. The number of halogens is 2. The molecule has 2 amide bonds. The minimum absolute atomic E-state index is 0.00412. The third-order valence-corrected chi connectivity index (χ3v) is 9.06. The maximum absolute atomic E-state index is 13.8. The summed E-state index contributed by atoms with van der Waals surface area (Å²) in [6.45, 7) is 5.48. The number of thiazole rings is 1. The van der Waals surface area contributed by atoms with E-state index in [0.717, 1.165) is 0 Å². The molecule has 0 bridgehead atoms. The van der Waals surface area contributed by atoms with E-state index in [0.29, 0.717) is 41.4 Å². The Hall–Kier alpha value is -4.08. The first kappa shape index (κ1) is 38.2. The van der Waals surface area contributed by atoms with Gasteiger partial charge in [0.1, 0.15) is 12.2 Å². The Morgan fingerprint density at radius 3 is 2.67 bits per heavy atom. The van der Waals surface area contributed by atoms with Gasteiger partial charge in [-0.2, -0.15) is 9.97 Å². The van der Waals surface area contributed by atoms with Crippen LogP contribution in [0.4, 0.5) is 16.3 Å². The SMILES string of the molecule is C#C[C@@]1(O)[C@@H](COC(Cc2ccc(NC(=O)NCCCCl)cc2)(C(=O)OCC)c2cscn2)O[C@@H](n2cnc3c(NC(C)C)nc(Cl)nc32)[C@@H]1O. The van der Waals surface area contributed by atoms with Crippen LogP contribution in [-0.4, -0.2) is 96.2 Å². The van der Waals surface area contributed by atoms with Gasteiger partial charge in [-0.25, -0.2) is 19.6 Å². The van der Waals surface area contributed by atoms with Crippen molar-refractivity contribution in [2.24, 2.45) is 0 Å². The van der Waals surface area contributed by atoms with Gasteiger partial charge in [0.15, 0.2) is 28.8 Å². The summed E-state index contributed by atoms with van der Waals surface area (Å²) in [5.41, 5.74) is -0.586. The third-order valence-electron chi connectivity index (χ3n) is 8.03. The average Bonchev–Trinajstić information content (AvgIpc) is 3.84. The largest absolute Gasteiger partial charge is 0.464 e. The number of anilines is 2. The van der Waals surface area contributed by atoms with Crippen molar-refractivity contribution < 1.29 is 34.0 Å². The van der Waals surface area contributed by atoms with Crippen LogP contribution < -0.4 is 16.0 Å². The van der Waals surface area contributed by atoms with Crippen molar-refractivity contribution in [3.05, 3.63) is 58.0 Å². The maximum atomic E-state index is 13.8. The first-order valence-corrected chi connectivity index (χ1v) is 17.9. The number of hydrogen-bond acceptors (Lipinski definition) is 13.